The van der Waals surface area contributed by atoms with E-state index in [2.05, 4.69) is 0 Å². The summed E-state index contributed by atoms with van der Waals surface area (Å²) >= 11 is 0. The maximum atomic E-state index is 11.0. The van der Waals surface area contributed by atoms with Crippen LogP contribution in [0.5, 0.6) is 5.75 Å². The highest BCUT2D eigenvalue weighted by molar-refractivity contribution is 5.85. The number of hydrogen-bond donors (Lipinski definition) is 1. The van der Waals surface area contributed by atoms with Crippen LogP contribution in [0.25, 0.3) is 0 Å². The van der Waals surface area contributed by atoms with Gasteiger partial charge in [-0.25, -0.2) is 0 Å². The predicted molar refractivity (Wildman–Crippen MR) is 78.1 cm³/mol. The highest BCUT2D eigenvalue weighted by atomic mass is 35.5. The molecular weight excluding hydrogens is 248 g/mol. The Labute approximate surface area is 116 Å². The van der Waals surface area contributed by atoms with Crippen LogP contribution in [-0.2, 0) is 10.8 Å². The molecule has 1 N–H and O–H groups in total. The summed E-state index contributed by atoms with van der Waals surface area (Å²) in [4.78, 5) is 11.0. The summed E-state index contributed by atoms with van der Waals surface area (Å²) in [5, 5.41) is 10.4. The minimum Gasteiger partial charge on any atom is -0.507 e. The minimum absolute atomic E-state index is 0. The standard InChI is InChI=1S/C15H22O2.ClH/c1-14(2,3)11-7-10(9-16)8-12(13(11)17)15(4,5)6;/h7-9,17H,1-6H3;1H. The predicted octanol–water partition coefficient (Wildman–Crippen LogP) is 4.22. The summed E-state index contributed by atoms with van der Waals surface area (Å²) in [6, 6.07) is 3.55. The van der Waals surface area contributed by atoms with Gasteiger partial charge in [0.1, 0.15) is 12.0 Å². The second kappa shape index (κ2) is 5.31. The van der Waals surface area contributed by atoms with Crippen molar-refractivity contribution < 1.29 is 9.90 Å². The number of halogens is 1. The van der Waals surface area contributed by atoms with E-state index in [1.165, 1.54) is 0 Å². The molecule has 2 nitrogen and oxygen atoms in total. The Kier molecular flexibility index (Phi) is 5.01. The largest absolute Gasteiger partial charge is 0.507 e. The molecule has 0 bridgehead atoms. The molecule has 0 aliphatic heterocycles. The van der Waals surface area contributed by atoms with E-state index in [0.29, 0.717) is 11.3 Å². The van der Waals surface area contributed by atoms with Crippen molar-refractivity contribution >= 4 is 18.7 Å². The first-order chi connectivity index (χ1) is 7.57. The number of benzene rings is 1. The molecule has 102 valence electrons. The SMILES string of the molecule is CC(C)(C)c1cc(C=O)cc(C(C)(C)C)c1O.Cl. The Hall–Kier alpha value is -1.02. The zero-order valence-electron chi connectivity index (χ0n) is 12.0. The minimum atomic E-state index is -0.177. The van der Waals surface area contributed by atoms with Crippen LogP contribution in [0.3, 0.4) is 0 Å². The molecule has 0 heterocycles. The molecule has 0 aliphatic rings. The lowest BCUT2D eigenvalue weighted by atomic mass is 9.78. The van der Waals surface area contributed by atoms with E-state index < -0.39 is 0 Å². The van der Waals surface area contributed by atoms with Crippen molar-refractivity contribution in [2.45, 2.75) is 52.4 Å². The maximum Gasteiger partial charge on any atom is 0.150 e. The van der Waals surface area contributed by atoms with Gasteiger partial charge in [-0.1, -0.05) is 41.5 Å². The molecule has 0 aromatic heterocycles. The molecule has 1 aromatic rings. The highest BCUT2D eigenvalue weighted by Gasteiger charge is 2.26. The van der Waals surface area contributed by atoms with Crippen molar-refractivity contribution in [3.05, 3.63) is 28.8 Å². The molecule has 0 saturated carbocycles. The van der Waals surface area contributed by atoms with Gasteiger partial charge in [0.25, 0.3) is 0 Å². The molecule has 0 amide bonds. The third-order valence-corrected chi connectivity index (χ3v) is 2.88. The third kappa shape index (κ3) is 3.49. The fourth-order valence-electron chi connectivity index (χ4n) is 1.87. The topological polar surface area (TPSA) is 37.3 Å². The van der Waals surface area contributed by atoms with Gasteiger partial charge in [-0.2, -0.15) is 0 Å². The zero-order valence-corrected chi connectivity index (χ0v) is 12.8. The molecule has 0 saturated heterocycles. The van der Waals surface area contributed by atoms with E-state index in [0.717, 1.165) is 17.4 Å². The van der Waals surface area contributed by atoms with Gasteiger partial charge in [-0.15, -0.1) is 12.4 Å². The summed E-state index contributed by atoms with van der Waals surface area (Å²) in [6.45, 7) is 12.2. The summed E-state index contributed by atoms with van der Waals surface area (Å²) < 4.78 is 0. The summed E-state index contributed by atoms with van der Waals surface area (Å²) in [5.74, 6) is 0.315. The average molecular weight is 271 g/mol. The zero-order chi connectivity index (χ0) is 13.4. The molecule has 0 radical (unpaired) electrons. The molecule has 0 spiro atoms. The van der Waals surface area contributed by atoms with Gasteiger partial charge in [0, 0.05) is 16.7 Å². The van der Waals surface area contributed by atoms with E-state index >= 15 is 0 Å². The number of phenols is 1. The van der Waals surface area contributed by atoms with Gasteiger partial charge < -0.3 is 5.11 Å². The monoisotopic (exact) mass is 270 g/mol. The fraction of sp³-hybridized carbons (Fsp3) is 0.533. The Morgan fingerprint density at radius 2 is 1.28 bits per heavy atom. The van der Waals surface area contributed by atoms with Crippen LogP contribution < -0.4 is 0 Å². The van der Waals surface area contributed by atoms with Crippen LogP contribution >= 0.6 is 12.4 Å². The Morgan fingerprint density at radius 3 is 1.50 bits per heavy atom. The van der Waals surface area contributed by atoms with Crippen molar-refractivity contribution in [1.29, 1.82) is 0 Å². The maximum absolute atomic E-state index is 11.0. The van der Waals surface area contributed by atoms with Crippen molar-refractivity contribution in [1.82, 2.24) is 0 Å². The van der Waals surface area contributed by atoms with Crippen molar-refractivity contribution in [3.63, 3.8) is 0 Å². The fourth-order valence-corrected chi connectivity index (χ4v) is 1.87. The van der Waals surface area contributed by atoms with Crippen LogP contribution in [0.1, 0.15) is 63.0 Å². The van der Waals surface area contributed by atoms with Crippen LogP contribution in [-0.4, -0.2) is 11.4 Å². The smallest absolute Gasteiger partial charge is 0.150 e. The normalized spacial score (nSPS) is 11.9. The molecular formula is C15H23ClO2. The highest BCUT2D eigenvalue weighted by Crippen LogP contribution is 2.39. The lowest BCUT2D eigenvalue weighted by Gasteiger charge is -2.27. The van der Waals surface area contributed by atoms with Crippen molar-refractivity contribution in [2.24, 2.45) is 0 Å². The van der Waals surface area contributed by atoms with E-state index in [1.54, 1.807) is 12.1 Å². The lowest BCUT2D eigenvalue weighted by Crippen LogP contribution is -2.17. The molecule has 0 aliphatic carbocycles. The van der Waals surface area contributed by atoms with Gasteiger partial charge in [0.05, 0.1) is 0 Å². The van der Waals surface area contributed by atoms with Crippen LogP contribution in [0.4, 0.5) is 0 Å². The number of phenolic OH excluding ortho intramolecular Hbond substituents is 1. The second-order valence-electron chi connectivity index (χ2n) is 6.58. The molecule has 1 aromatic carbocycles. The van der Waals surface area contributed by atoms with Crippen molar-refractivity contribution in [3.8, 4) is 5.75 Å². The van der Waals surface area contributed by atoms with Gasteiger partial charge in [0.2, 0.25) is 0 Å². The van der Waals surface area contributed by atoms with E-state index in [-0.39, 0.29) is 23.2 Å². The summed E-state index contributed by atoms with van der Waals surface area (Å²) in [7, 11) is 0. The summed E-state index contributed by atoms with van der Waals surface area (Å²) in [5.41, 5.74) is 1.92. The molecule has 18 heavy (non-hydrogen) atoms. The Morgan fingerprint density at radius 1 is 0.944 bits per heavy atom. The van der Waals surface area contributed by atoms with Gasteiger partial charge in [-0.3, -0.25) is 4.79 Å². The third-order valence-electron chi connectivity index (χ3n) is 2.88. The number of hydrogen-bond acceptors (Lipinski definition) is 2. The van der Waals surface area contributed by atoms with Gasteiger partial charge in [0.15, 0.2) is 0 Å². The quantitative estimate of drug-likeness (QED) is 0.776. The van der Waals surface area contributed by atoms with Crippen LogP contribution in [0, 0.1) is 0 Å². The first kappa shape index (κ1) is 17.0. The molecule has 0 fully saturated rings. The lowest BCUT2D eigenvalue weighted by molar-refractivity contribution is 0.112. The first-order valence-corrected chi connectivity index (χ1v) is 5.90. The van der Waals surface area contributed by atoms with E-state index in [4.69, 9.17) is 0 Å². The van der Waals surface area contributed by atoms with Crippen LogP contribution in [0.15, 0.2) is 12.1 Å². The Balaban J connectivity index is 0.00000289. The second-order valence-corrected chi connectivity index (χ2v) is 6.58. The van der Waals surface area contributed by atoms with Gasteiger partial charge in [-0.05, 0) is 23.0 Å². The van der Waals surface area contributed by atoms with Gasteiger partial charge >= 0.3 is 0 Å². The summed E-state index contributed by atoms with van der Waals surface area (Å²) in [6.07, 6.45) is 0.837. The Bertz CT molecular complexity index is 402. The van der Waals surface area contributed by atoms with E-state index in [9.17, 15) is 9.90 Å². The van der Waals surface area contributed by atoms with E-state index in [1.807, 2.05) is 41.5 Å². The number of carbonyl (C=O) groups is 1. The van der Waals surface area contributed by atoms with Crippen LogP contribution in [0.2, 0.25) is 0 Å². The first-order valence-electron chi connectivity index (χ1n) is 5.90. The van der Waals surface area contributed by atoms with Crippen molar-refractivity contribution in [2.75, 3.05) is 0 Å². The number of rotatable bonds is 1. The molecule has 0 atom stereocenters. The average Bonchev–Trinajstić information content (AvgIpc) is 2.14. The molecule has 3 heteroatoms. The molecule has 1 rings (SSSR count). The molecule has 0 unspecified atom stereocenters. The number of aldehydes is 1. The number of carbonyl (C=O) groups excluding carboxylic acids is 1. The number of aromatic hydroxyl groups is 1.